The average Bonchev–Trinajstić information content (AvgIpc) is 3.46. The highest BCUT2D eigenvalue weighted by Crippen LogP contribution is 2.34. The third-order valence-corrected chi connectivity index (χ3v) is 7.26. The molecule has 8 nitrogen and oxygen atoms in total. The zero-order valence-corrected chi connectivity index (χ0v) is 20.1. The normalized spacial score (nSPS) is 23.7. The lowest BCUT2D eigenvalue weighted by Gasteiger charge is -2.36. The molecular weight excluding hydrogens is 435 g/mol. The Morgan fingerprint density at radius 2 is 1.97 bits per heavy atom. The van der Waals surface area contributed by atoms with Crippen molar-refractivity contribution in [2.45, 2.75) is 83.2 Å². The second-order valence-electron chi connectivity index (χ2n) is 10.0. The minimum absolute atomic E-state index is 0.145. The summed E-state index contributed by atoms with van der Waals surface area (Å²) in [6.07, 6.45) is 6.12. The number of benzene rings is 1. The number of carbonyl (C=O) groups excluding carboxylic acids is 1. The number of piperidine rings is 1. The van der Waals surface area contributed by atoms with E-state index in [4.69, 9.17) is 4.52 Å². The molecule has 34 heavy (non-hydrogen) atoms. The van der Waals surface area contributed by atoms with Crippen molar-refractivity contribution in [3.63, 3.8) is 0 Å². The van der Waals surface area contributed by atoms with E-state index < -0.39 is 0 Å². The molecule has 5 rings (SSSR count). The fourth-order valence-electron chi connectivity index (χ4n) is 5.44. The number of aromatic nitrogens is 4. The molecule has 1 aromatic carbocycles. The maximum Gasteiger partial charge on any atom is 0.291 e. The number of hydrogen-bond acceptors (Lipinski definition) is 6. The highest BCUT2D eigenvalue weighted by molar-refractivity contribution is 5.84. The van der Waals surface area contributed by atoms with E-state index in [1.807, 2.05) is 24.8 Å². The monoisotopic (exact) mass is 468 g/mol. The fraction of sp³-hybridized carbons (Fsp3) is 0.600. The SMILES string of the molecule is CC(=O)N1CCCC(N[C@H]2CC[C@@H](c3nc(-n4nc(C(C)C)c5cccc(F)c54)no3)CC2)C1. The maximum absolute atomic E-state index is 14.7. The quantitative estimate of drug-likeness (QED) is 0.601. The first-order chi connectivity index (χ1) is 16.4. The van der Waals surface area contributed by atoms with Gasteiger partial charge in [0.15, 0.2) is 0 Å². The molecule has 1 saturated carbocycles. The minimum Gasteiger partial charge on any atom is -0.341 e. The number of halogens is 1. The number of para-hydroxylation sites is 1. The highest BCUT2D eigenvalue weighted by atomic mass is 19.1. The van der Waals surface area contributed by atoms with E-state index in [1.54, 1.807) is 13.0 Å². The van der Waals surface area contributed by atoms with Crippen molar-refractivity contribution in [3.05, 3.63) is 35.6 Å². The van der Waals surface area contributed by atoms with Gasteiger partial charge in [0.1, 0.15) is 11.3 Å². The molecule has 3 heterocycles. The summed E-state index contributed by atoms with van der Waals surface area (Å²) >= 11 is 0. The summed E-state index contributed by atoms with van der Waals surface area (Å²) in [6, 6.07) is 5.82. The van der Waals surface area contributed by atoms with Crippen molar-refractivity contribution in [1.82, 2.24) is 30.1 Å². The first-order valence-electron chi connectivity index (χ1n) is 12.4. The van der Waals surface area contributed by atoms with Gasteiger partial charge < -0.3 is 14.7 Å². The lowest BCUT2D eigenvalue weighted by Crippen LogP contribution is -2.50. The van der Waals surface area contributed by atoms with Crippen LogP contribution in [0.4, 0.5) is 4.39 Å². The number of rotatable bonds is 5. The predicted molar refractivity (Wildman–Crippen MR) is 126 cm³/mol. The molecule has 2 aliphatic rings. The van der Waals surface area contributed by atoms with E-state index >= 15 is 0 Å². The van der Waals surface area contributed by atoms with E-state index in [2.05, 4.69) is 20.6 Å². The van der Waals surface area contributed by atoms with Crippen LogP contribution in [0.5, 0.6) is 0 Å². The lowest BCUT2D eigenvalue weighted by molar-refractivity contribution is -0.130. The molecule has 0 spiro atoms. The molecule has 182 valence electrons. The van der Waals surface area contributed by atoms with Crippen molar-refractivity contribution in [2.75, 3.05) is 13.1 Å². The van der Waals surface area contributed by atoms with Crippen molar-refractivity contribution in [2.24, 2.45) is 0 Å². The molecule has 0 bridgehead atoms. The molecule has 9 heteroatoms. The number of fused-ring (bicyclic) bond motifs is 1. The third-order valence-electron chi connectivity index (χ3n) is 7.26. The smallest absolute Gasteiger partial charge is 0.291 e. The van der Waals surface area contributed by atoms with Gasteiger partial charge in [-0.25, -0.2) is 4.39 Å². The van der Waals surface area contributed by atoms with Crippen LogP contribution in [0, 0.1) is 5.82 Å². The van der Waals surface area contributed by atoms with Gasteiger partial charge in [0.05, 0.1) is 5.69 Å². The number of amides is 1. The number of likely N-dealkylation sites (tertiary alicyclic amines) is 1. The average molecular weight is 469 g/mol. The summed E-state index contributed by atoms with van der Waals surface area (Å²) in [5, 5.41) is 13.3. The van der Waals surface area contributed by atoms with Gasteiger partial charge >= 0.3 is 0 Å². The molecule has 1 N–H and O–H groups in total. The molecule has 2 aromatic heterocycles. The lowest BCUT2D eigenvalue weighted by atomic mass is 9.85. The maximum atomic E-state index is 14.7. The number of nitrogens with one attached hydrogen (secondary N) is 1. The van der Waals surface area contributed by atoms with Gasteiger partial charge in [0.2, 0.25) is 11.8 Å². The van der Waals surface area contributed by atoms with Crippen LogP contribution in [-0.4, -0.2) is 55.9 Å². The molecule has 1 atom stereocenters. The number of carbonyl (C=O) groups is 1. The molecular formula is C25H33FN6O2. The van der Waals surface area contributed by atoms with Crippen LogP contribution in [0.25, 0.3) is 16.9 Å². The van der Waals surface area contributed by atoms with Crippen LogP contribution < -0.4 is 5.32 Å². The summed E-state index contributed by atoms with van der Waals surface area (Å²) in [5.41, 5.74) is 1.21. The van der Waals surface area contributed by atoms with E-state index in [-0.39, 0.29) is 29.5 Å². The molecule has 3 aromatic rings. The van der Waals surface area contributed by atoms with Gasteiger partial charge in [0, 0.05) is 43.4 Å². The molecule has 1 aliphatic carbocycles. The van der Waals surface area contributed by atoms with E-state index in [0.29, 0.717) is 23.5 Å². The van der Waals surface area contributed by atoms with E-state index in [1.165, 1.54) is 10.7 Å². The summed E-state index contributed by atoms with van der Waals surface area (Å²) in [4.78, 5) is 18.3. The Bertz CT molecular complexity index is 1160. The van der Waals surface area contributed by atoms with Crippen molar-refractivity contribution < 1.29 is 13.7 Å². The van der Waals surface area contributed by atoms with Crippen molar-refractivity contribution in [3.8, 4) is 5.95 Å². The van der Waals surface area contributed by atoms with Gasteiger partial charge in [-0.15, -0.1) is 0 Å². The molecule has 1 saturated heterocycles. The predicted octanol–water partition coefficient (Wildman–Crippen LogP) is 4.30. The second kappa shape index (κ2) is 9.44. The Hall–Kier alpha value is -2.81. The Morgan fingerprint density at radius 3 is 2.71 bits per heavy atom. The van der Waals surface area contributed by atoms with E-state index in [0.717, 1.165) is 62.7 Å². The molecule has 1 unspecified atom stereocenters. The molecule has 2 fully saturated rings. The summed E-state index contributed by atoms with van der Waals surface area (Å²) in [5.74, 6) is 1.03. The second-order valence-corrected chi connectivity index (χ2v) is 10.0. The molecule has 0 radical (unpaired) electrons. The fourth-order valence-corrected chi connectivity index (χ4v) is 5.44. The van der Waals surface area contributed by atoms with Crippen LogP contribution >= 0.6 is 0 Å². The topological polar surface area (TPSA) is 89.1 Å². The number of hydrogen-bond donors (Lipinski definition) is 1. The summed E-state index contributed by atoms with van der Waals surface area (Å²) in [7, 11) is 0. The van der Waals surface area contributed by atoms with Gasteiger partial charge in [0.25, 0.3) is 5.95 Å². The van der Waals surface area contributed by atoms with Crippen LogP contribution in [0.15, 0.2) is 22.7 Å². The Kier molecular flexibility index (Phi) is 6.38. The van der Waals surface area contributed by atoms with Crippen molar-refractivity contribution in [1.29, 1.82) is 0 Å². The minimum atomic E-state index is -0.346. The molecule has 1 aliphatic heterocycles. The third kappa shape index (κ3) is 4.45. The van der Waals surface area contributed by atoms with Crippen LogP contribution in [0.1, 0.15) is 82.7 Å². The summed E-state index contributed by atoms with van der Waals surface area (Å²) < 4.78 is 21.8. The Labute approximate surface area is 198 Å². The van der Waals surface area contributed by atoms with Crippen LogP contribution in [-0.2, 0) is 4.79 Å². The Balaban J connectivity index is 1.26. The highest BCUT2D eigenvalue weighted by Gasteiger charge is 2.30. The van der Waals surface area contributed by atoms with Gasteiger partial charge in [-0.05, 0) is 55.7 Å². The van der Waals surface area contributed by atoms with Crippen LogP contribution in [0.2, 0.25) is 0 Å². The first kappa shape index (κ1) is 23.0. The Morgan fingerprint density at radius 1 is 1.18 bits per heavy atom. The van der Waals surface area contributed by atoms with Crippen LogP contribution in [0.3, 0.4) is 0 Å². The standard InChI is InChI=1S/C25H33FN6O2/c1-15(2)22-20-7-4-8-21(26)23(20)32(29-22)25-28-24(34-30-25)17-9-11-18(12-10-17)27-19-6-5-13-31(14-19)16(3)33/h4,7-8,15,17-19,27H,5-6,9-14H2,1-3H3/t17-,18+,19?. The van der Waals surface area contributed by atoms with Crippen molar-refractivity contribution >= 4 is 16.8 Å². The largest absolute Gasteiger partial charge is 0.341 e. The van der Waals surface area contributed by atoms with Gasteiger partial charge in [-0.2, -0.15) is 14.8 Å². The van der Waals surface area contributed by atoms with E-state index in [9.17, 15) is 9.18 Å². The number of nitrogens with zero attached hydrogens (tertiary/aromatic N) is 5. The summed E-state index contributed by atoms with van der Waals surface area (Å²) in [6.45, 7) is 7.39. The van der Waals surface area contributed by atoms with Gasteiger partial charge in [-0.1, -0.05) is 26.0 Å². The zero-order chi connectivity index (χ0) is 23.8. The zero-order valence-electron chi connectivity index (χ0n) is 20.1. The molecule has 1 amide bonds. The van der Waals surface area contributed by atoms with Gasteiger partial charge in [-0.3, -0.25) is 4.79 Å². The first-order valence-corrected chi connectivity index (χ1v) is 12.4.